The van der Waals surface area contributed by atoms with Crippen LogP contribution in [0.15, 0.2) is 34.2 Å². The predicted molar refractivity (Wildman–Crippen MR) is 81.1 cm³/mol. The summed E-state index contributed by atoms with van der Waals surface area (Å²) in [7, 11) is 0. The molecular formula is C13H10Cl2N2O2S. The van der Waals surface area contributed by atoms with Crippen LogP contribution >= 0.6 is 35.0 Å². The molecule has 20 heavy (non-hydrogen) atoms. The minimum atomic E-state index is -0.242. The molecule has 0 saturated heterocycles. The zero-order valence-electron chi connectivity index (χ0n) is 10.4. The van der Waals surface area contributed by atoms with E-state index in [1.165, 1.54) is 12.1 Å². The van der Waals surface area contributed by atoms with Crippen molar-refractivity contribution in [1.29, 1.82) is 0 Å². The Balaban J connectivity index is 2.12. The van der Waals surface area contributed by atoms with E-state index in [1.807, 2.05) is 0 Å². The third-order valence-electron chi connectivity index (χ3n) is 2.42. The first-order chi connectivity index (χ1) is 9.45. The van der Waals surface area contributed by atoms with Gasteiger partial charge in [-0.2, -0.15) is 0 Å². The van der Waals surface area contributed by atoms with Gasteiger partial charge in [-0.25, -0.2) is 4.98 Å². The van der Waals surface area contributed by atoms with Crippen molar-refractivity contribution in [3.05, 3.63) is 55.9 Å². The van der Waals surface area contributed by atoms with Gasteiger partial charge >= 0.3 is 0 Å². The second-order valence-corrected chi connectivity index (χ2v) is 5.84. The summed E-state index contributed by atoms with van der Waals surface area (Å²) in [6, 6.07) is 6.11. The van der Waals surface area contributed by atoms with E-state index >= 15 is 0 Å². The molecule has 0 saturated carbocycles. The third-order valence-corrected chi connectivity index (χ3v) is 3.85. The van der Waals surface area contributed by atoms with Crippen molar-refractivity contribution in [1.82, 2.24) is 9.97 Å². The molecule has 7 heteroatoms. The molecule has 0 aliphatic carbocycles. The van der Waals surface area contributed by atoms with E-state index < -0.39 is 0 Å². The molecule has 0 bridgehead atoms. The van der Waals surface area contributed by atoms with Gasteiger partial charge < -0.3 is 4.98 Å². The van der Waals surface area contributed by atoms with Gasteiger partial charge in [0.2, 0.25) is 0 Å². The lowest BCUT2D eigenvalue weighted by atomic mass is 10.1. The summed E-state index contributed by atoms with van der Waals surface area (Å²) in [4.78, 5) is 30.1. The van der Waals surface area contributed by atoms with E-state index in [9.17, 15) is 9.59 Å². The highest BCUT2D eigenvalue weighted by molar-refractivity contribution is 7.99. The fourth-order valence-corrected chi connectivity index (χ4v) is 2.74. The fraction of sp³-hybridized carbons (Fsp3) is 0.154. The number of benzene rings is 1. The van der Waals surface area contributed by atoms with Gasteiger partial charge in [-0.1, -0.05) is 35.0 Å². The van der Waals surface area contributed by atoms with Crippen molar-refractivity contribution < 1.29 is 4.79 Å². The first-order valence-electron chi connectivity index (χ1n) is 5.65. The normalized spacial score (nSPS) is 10.6. The maximum absolute atomic E-state index is 12.1. The SMILES string of the molecule is Cc1cc(=O)[nH]c(SCC(=O)c2cc(Cl)ccc2Cl)n1. The van der Waals surface area contributed by atoms with Gasteiger partial charge in [-0.3, -0.25) is 9.59 Å². The summed E-state index contributed by atoms with van der Waals surface area (Å²) in [5, 5.41) is 1.21. The molecule has 0 fully saturated rings. The number of thioether (sulfide) groups is 1. The Bertz CT molecular complexity index is 716. The molecule has 4 nitrogen and oxygen atoms in total. The molecule has 0 aliphatic heterocycles. The van der Waals surface area contributed by atoms with E-state index in [-0.39, 0.29) is 17.1 Å². The Morgan fingerprint density at radius 2 is 2.10 bits per heavy atom. The maximum Gasteiger partial charge on any atom is 0.251 e. The Morgan fingerprint density at radius 1 is 1.35 bits per heavy atom. The Hall–Kier alpha value is -1.30. The smallest absolute Gasteiger partial charge is 0.251 e. The molecule has 0 aliphatic rings. The van der Waals surface area contributed by atoms with Crippen molar-refractivity contribution in [3.8, 4) is 0 Å². The van der Waals surface area contributed by atoms with E-state index in [1.54, 1.807) is 19.1 Å². The molecule has 0 atom stereocenters. The molecular weight excluding hydrogens is 319 g/mol. The Kier molecular flexibility index (Phi) is 4.86. The van der Waals surface area contributed by atoms with Gasteiger partial charge in [-0.15, -0.1) is 0 Å². The number of hydrogen-bond donors (Lipinski definition) is 1. The average molecular weight is 329 g/mol. The van der Waals surface area contributed by atoms with E-state index in [0.29, 0.717) is 26.5 Å². The van der Waals surface area contributed by atoms with Gasteiger partial charge in [0.1, 0.15) is 0 Å². The van der Waals surface area contributed by atoms with Crippen molar-refractivity contribution in [2.75, 3.05) is 5.75 Å². The predicted octanol–water partition coefficient (Wildman–Crippen LogP) is 3.36. The van der Waals surface area contributed by atoms with Crippen molar-refractivity contribution in [3.63, 3.8) is 0 Å². The lowest BCUT2D eigenvalue weighted by molar-refractivity contribution is 0.102. The van der Waals surface area contributed by atoms with Gasteiger partial charge in [0.25, 0.3) is 5.56 Å². The zero-order valence-corrected chi connectivity index (χ0v) is 12.8. The van der Waals surface area contributed by atoms with Crippen molar-refractivity contribution in [2.45, 2.75) is 12.1 Å². The number of ketones is 1. The topological polar surface area (TPSA) is 62.8 Å². The van der Waals surface area contributed by atoms with Crippen LogP contribution in [0, 0.1) is 6.92 Å². The van der Waals surface area contributed by atoms with Gasteiger partial charge in [0.15, 0.2) is 10.9 Å². The molecule has 1 N–H and O–H groups in total. The van der Waals surface area contributed by atoms with Crippen LogP contribution < -0.4 is 5.56 Å². The number of nitrogens with zero attached hydrogens (tertiary/aromatic N) is 1. The minimum absolute atomic E-state index is 0.118. The number of rotatable bonds is 4. The number of carbonyl (C=O) groups is 1. The third kappa shape index (κ3) is 3.85. The summed E-state index contributed by atoms with van der Waals surface area (Å²) in [6.07, 6.45) is 0. The summed E-state index contributed by atoms with van der Waals surface area (Å²) in [6.45, 7) is 1.72. The standard InChI is InChI=1S/C13H10Cl2N2O2S/c1-7-4-12(19)17-13(16-7)20-6-11(18)9-5-8(14)2-3-10(9)15/h2-5H,6H2,1H3,(H,16,17,19). The highest BCUT2D eigenvalue weighted by Gasteiger charge is 2.12. The fourth-order valence-electron chi connectivity index (χ4n) is 1.54. The molecule has 1 aromatic heterocycles. The summed E-state index contributed by atoms with van der Waals surface area (Å²) < 4.78 is 0. The van der Waals surface area contributed by atoms with Crippen LogP contribution in [-0.2, 0) is 0 Å². The van der Waals surface area contributed by atoms with Crippen LogP contribution in [0.5, 0.6) is 0 Å². The first kappa shape index (κ1) is 15.1. The highest BCUT2D eigenvalue weighted by atomic mass is 35.5. The van der Waals surface area contributed by atoms with Gasteiger partial charge in [-0.05, 0) is 25.1 Å². The molecule has 2 rings (SSSR count). The van der Waals surface area contributed by atoms with E-state index in [4.69, 9.17) is 23.2 Å². The second-order valence-electron chi connectivity index (χ2n) is 4.03. The van der Waals surface area contributed by atoms with Gasteiger partial charge in [0.05, 0.1) is 10.8 Å². The van der Waals surface area contributed by atoms with Crippen molar-refractivity contribution >= 4 is 40.7 Å². The second kappa shape index (κ2) is 6.43. The highest BCUT2D eigenvalue weighted by Crippen LogP contribution is 2.23. The maximum atomic E-state index is 12.1. The Morgan fingerprint density at radius 3 is 2.80 bits per heavy atom. The zero-order chi connectivity index (χ0) is 14.7. The average Bonchev–Trinajstić information content (AvgIpc) is 2.38. The molecule has 104 valence electrons. The van der Waals surface area contributed by atoms with Crippen LogP contribution in [0.1, 0.15) is 16.1 Å². The lowest BCUT2D eigenvalue weighted by Crippen LogP contribution is -2.10. The van der Waals surface area contributed by atoms with Crippen molar-refractivity contribution in [2.24, 2.45) is 0 Å². The van der Waals surface area contributed by atoms with Crippen LogP contribution in [0.4, 0.5) is 0 Å². The van der Waals surface area contributed by atoms with E-state index in [0.717, 1.165) is 11.8 Å². The quantitative estimate of drug-likeness (QED) is 0.531. The molecule has 0 unspecified atom stereocenters. The summed E-state index contributed by atoms with van der Waals surface area (Å²) in [5.74, 6) is -0.0569. The number of Topliss-reactive ketones (excluding diaryl/α,β-unsaturated/α-hetero) is 1. The first-order valence-corrected chi connectivity index (χ1v) is 7.39. The number of carbonyl (C=O) groups excluding carboxylic acids is 1. The largest absolute Gasteiger partial charge is 0.301 e. The van der Waals surface area contributed by atoms with E-state index in [2.05, 4.69) is 9.97 Å². The number of H-pyrrole nitrogens is 1. The van der Waals surface area contributed by atoms with Crippen LogP contribution in [0.2, 0.25) is 10.0 Å². The number of aromatic nitrogens is 2. The number of aromatic amines is 1. The number of nitrogens with one attached hydrogen (secondary N) is 1. The van der Waals surface area contributed by atoms with Crippen LogP contribution in [-0.4, -0.2) is 21.5 Å². The molecule has 0 spiro atoms. The number of hydrogen-bond acceptors (Lipinski definition) is 4. The minimum Gasteiger partial charge on any atom is -0.301 e. The summed E-state index contributed by atoms with van der Waals surface area (Å²) in [5.41, 5.74) is 0.722. The monoisotopic (exact) mass is 328 g/mol. The molecule has 0 amide bonds. The van der Waals surface area contributed by atoms with Crippen LogP contribution in [0.3, 0.4) is 0 Å². The summed E-state index contributed by atoms with van der Waals surface area (Å²) >= 11 is 13.0. The molecule has 2 aromatic rings. The Labute approximate surface area is 129 Å². The van der Waals surface area contributed by atoms with Crippen LogP contribution in [0.25, 0.3) is 0 Å². The lowest BCUT2D eigenvalue weighted by Gasteiger charge is -2.04. The molecule has 1 heterocycles. The molecule has 0 radical (unpaired) electrons. The van der Waals surface area contributed by atoms with Gasteiger partial charge in [0, 0.05) is 22.3 Å². The number of halogens is 2. The number of aryl methyl sites for hydroxylation is 1. The molecule has 1 aromatic carbocycles.